The van der Waals surface area contributed by atoms with Crippen LogP contribution in [-0.4, -0.2) is 0 Å². The molecule has 0 fully saturated rings. The third-order valence-corrected chi connectivity index (χ3v) is 5.24. The Balaban J connectivity index is 4.03. The molecular formula is C28H48. The van der Waals surface area contributed by atoms with Crippen LogP contribution >= 0.6 is 0 Å². The molecule has 0 N–H and O–H groups in total. The summed E-state index contributed by atoms with van der Waals surface area (Å²) in [5.41, 5.74) is 7.59. The zero-order valence-corrected chi connectivity index (χ0v) is 20.2. The third-order valence-electron chi connectivity index (χ3n) is 5.24. The highest BCUT2D eigenvalue weighted by molar-refractivity contribution is 5.08. The Morgan fingerprint density at radius 1 is 0.464 bits per heavy atom. The molecule has 0 spiro atoms. The van der Waals surface area contributed by atoms with Crippen LogP contribution in [0.5, 0.6) is 0 Å². The van der Waals surface area contributed by atoms with Crippen molar-refractivity contribution in [2.45, 2.75) is 119 Å². The van der Waals surface area contributed by atoms with Gasteiger partial charge in [0.15, 0.2) is 0 Å². The summed E-state index contributed by atoms with van der Waals surface area (Å²) in [5.74, 6) is 0. The Bertz CT molecular complexity index is 545. The highest BCUT2D eigenvalue weighted by atomic mass is 14.0. The molecule has 160 valence electrons. The fourth-order valence-electron chi connectivity index (χ4n) is 3.19. The van der Waals surface area contributed by atoms with E-state index in [9.17, 15) is 0 Å². The second kappa shape index (κ2) is 17.8. The van der Waals surface area contributed by atoms with Gasteiger partial charge in [0.1, 0.15) is 0 Å². The molecule has 0 unspecified atom stereocenters. The molecule has 0 aromatic heterocycles. The minimum Gasteiger partial charge on any atom is -0.0856 e. The minimum atomic E-state index is 1.18. The maximum atomic E-state index is 2.44. The van der Waals surface area contributed by atoms with Gasteiger partial charge in [0.25, 0.3) is 0 Å². The van der Waals surface area contributed by atoms with Gasteiger partial charge in [-0.05, 0) is 99.3 Å². The van der Waals surface area contributed by atoms with Gasteiger partial charge in [-0.3, -0.25) is 0 Å². The average Bonchev–Trinajstić information content (AvgIpc) is 2.61. The van der Waals surface area contributed by atoms with Crippen molar-refractivity contribution < 1.29 is 0 Å². The van der Waals surface area contributed by atoms with Gasteiger partial charge in [-0.2, -0.15) is 0 Å². The summed E-state index contributed by atoms with van der Waals surface area (Å²) >= 11 is 0. The fraction of sp³-hybridized carbons (Fsp3) is 0.643. The first-order valence-corrected chi connectivity index (χ1v) is 11.6. The smallest absolute Gasteiger partial charge is 0.0288 e. The molecule has 28 heavy (non-hydrogen) atoms. The molecule has 0 bridgehead atoms. The maximum absolute atomic E-state index is 2.44. The van der Waals surface area contributed by atoms with Crippen molar-refractivity contribution in [3.8, 4) is 0 Å². The van der Waals surface area contributed by atoms with Crippen LogP contribution in [0.2, 0.25) is 0 Å². The maximum Gasteiger partial charge on any atom is -0.0288 e. The number of hydrogen-bond donors (Lipinski definition) is 0. The Morgan fingerprint density at radius 3 is 1.11 bits per heavy atom. The van der Waals surface area contributed by atoms with Crippen LogP contribution in [0.1, 0.15) is 119 Å². The van der Waals surface area contributed by atoms with Crippen molar-refractivity contribution >= 4 is 0 Å². The van der Waals surface area contributed by atoms with Crippen LogP contribution in [0.25, 0.3) is 0 Å². The summed E-state index contributed by atoms with van der Waals surface area (Å²) in [6.45, 7) is 15.7. The van der Waals surface area contributed by atoms with Crippen LogP contribution in [0.3, 0.4) is 0 Å². The van der Waals surface area contributed by atoms with Crippen molar-refractivity contribution in [3.05, 3.63) is 58.2 Å². The molecular weight excluding hydrogens is 336 g/mol. The summed E-state index contributed by atoms with van der Waals surface area (Å²) in [6, 6.07) is 0. The van der Waals surface area contributed by atoms with Gasteiger partial charge in [-0.15, -0.1) is 0 Å². The first kappa shape index (κ1) is 26.7. The average molecular weight is 385 g/mol. The largest absolute Gasteiger partial charge is 0.0856 e. The Morgan fingerprint density at radius 2 is 0.786 bits per heavy atom. The van der Waals surface area contributed by atoms with Gasteiger partial charge in [-0.1, -0.05) is 78.0 Å². The first-order chi connectivity index (χ1) is 13.3. The van der Waals surface area contributed by atoms with Crippen molar-refractivity contribution in [2.24, 2.45) is 0 Å². The number of allylic oxidation sites excluding steroid dienone is 10. The molecule has 0 aliphatic carbocycles. The molecule has 0 aliphatic rings. The van der Waals surface area contributed by atoms with Crippen LogP contribution in [0.15, 0.2) is 58.2 Å². The van der Waals surface area contributed by atoms with Gasteiger partial charge in [0.05, 0.1) is 0 Å². The van der Waals surface area contributed by atoms with Crippen LogP contribution in [0, 0.1) is 0 Å². The lowest BCUT2D eigenvalue weighted by Gasteiger charge is -2.03. The van der Waals surface area contributed by atoms with Gasteiger partial charge < -0.3 is 0 Å². The molecule has 0 radical (unpaired) electrons. The van der Waals surface area contributed by atoms with Crippen LogP contribution in [-0.2, 0) is 0 Å². The topological polar surface area (TPSA) is 0 Å². The molecule has 0 saturated carbocycles. The Hall–Kier alpha value is -1.30. The van der Waals surface area contributed by atoms with E-state index in [1.54, 1.807) is 11.1 Å². The van der Waals surface area contributed by atoms with Gasteiger partial charge in [0.2, 0.25) is 0 Å². The zero-order valence-electron chi connectivity index (χ0n) is 20.2. The molecule has 0 aromatic rings. The molecule has 0 nitrogen and oxygen atoms in total. The van der Waals surface area contributed by atoms with Gasteiger partial charge in [-0.25, -0.2) is 0 Å². The predicted octanol–water partition coefficient (Wildman–Crippen LogP) is 10.0. The summed E-state index contributed by atoms with van der Waals surface area (Å²) in [7, 11) is 0. The van der Waals surface area contributed by atoms with Crippen molar-refractivity contribution in [3.63, 3.8) is 0 Å². The SMILES string of the molecule is CCCCC=C(C)CCC=C(C)CCC=C(C)CCC=C(C)CCC=C(C)C. The second-order valence-electron chi connectivity index (χ2n) is 8.78. The van der Waals surface area contributed by atoms with E-state index in [1.807, 2.05) is 0 Å². The third kappa shape index (κ3) is 18.1. The Kier molecular flexibility index (Phi) is 16.9. The highest BCUT2D eigenvalue weighted by Crippen LogP contribution is 2.15. The molecule has 0 amide bonds. The lowest BCUT2D eigenvalue weighted by Crippen LogP contribution is -1.83. The summed E-state index contributed by atoms with van der Waals surface area (Å²) < 4.78 is 0. The number of unbranched alkanes of at least 4 members (excludes halogenated alkanes) is 2. The minimum absolute atomic E-state index is 1.18. The molecule has 0 rings (SSSR count). The van der Waals surface area contributed by atoms with E-state index in [2.05, 4.69) is 78.8 Å². The fourth-order valence-corrected chi connectivity index (χ4v) is 3.19. The first-order valence-electron chi connectivity index (χ1n) is 11.6. The van der Waals surface area contributed by atoms with Crippen molar-refractivity contribution in [1.82, 2.24) is 0 Å². The molecule has 0 heteroatoms. The predicted molar refractivity (Wildman–Crippen MR) is 131 cm³/mol. The monoisotopic (exact) mass is 384 g/mol. The van der Waals surface area contributed by atoms with E-state index in [0.717, 1.165) is 0 Å². The highest BCUT2D eigenvalue weighted by Gasteiger charge is 1.94. The van der Waals surface area contributed by atoms with Crippen LogP contribution in [0.4, 0.5) is 0 Å². The number of hydrogen-bond acceptors (Lipinski definition) is 0. The molecule has 0 aromatic carbocycles. The summed E-state index contributed by atoms with van der Waals surface area (Å²) in [4.78, 5) is 0. The van der Waals surface area contributed by atoms with E-state index in [-0.39, 0.29) is 0 Å². The molecule has 0 atom stereocenters. The van der Waals surface area contributed by atoms with E-state index in [1.165, 1.54) is 87.3 Å². The summed E-state index contributed by atoms with van der Waals surface area (Å²) in [5, 5.41) is 0. The standard InChI is InChI=1S/C28H48/c1-8-9-10-16-25(4)18-12-20-27(6)22-14-23-28(7)21-13-19-26(5)17-11-15-24(2)3/h15-16,19-20,23H,8-14,17-18,21-22H2,1-7H3. The zero-order chi connectivity index (χ0) is 21.2. The van der Waals surface area contributed by atoms with Gasteiger partial charge >= 0.3 is 0 Å². The van der Waals surface area contributed by atoms with Crippen LogP contribution < -0.4 is 0 Å². The molecule has 0 saturated heterocycles. The number of rotatable bonds is 15. The summed E-state index contributed by atoms with van der Waals surface area (Å²) in [6.07, 6.45) is 25.5. The second-order valence-corrected chi connectivity index (χ2v) is 8.78. The van der Waals surface area contributed by atoms with E-state index >= 15 is 0 Å². The Labute approximate surface area is 177 Å². The lowest BCUT2D eigenvalue weighted by molar-refractivity contribution is 0.804. The quantitative estimate of drug-likeness (QED) is 0.194. The van der Waals surface area contributed by atoms with E-state index in [0.29, 0.717) is 0 Å². The molecule has 0 aliphatic heterocycles. The van der Waals surface area contributed by atoms with Crippen molar-refractivity contribution in [1.29, 1.82) is 0 Å². The van der Waals surface area contributed by atoms with Gasteiger partial charge in [0, 0.05) is 0 Å². The van der Waals surface area contributed by atoms with Crippen molar-refractivity contribution in [2.75, 3.05) is 0 Å². The van der Waals surface area contributed by atoms with E-state index < -0.39 is 0 Å². The van der Waals surface area contributed by atoms with E-state index in [4.69, 9.17) is 0 Å². The molecule has 0 heterocycles. The lowest BCUT2D eigenvalue weighted by atomic mass is 10.0. The normalized spacial score (nSPS) is 13.8.